The summed E-state index contributed by atoms with van der Waals surface area (Å²) in [6.45, 7) is 8.81. The van der Waals surface area contributed by atoms with Gasteiger partial charge >= 0.3 is 0 Å². The molecule has 0 aliphatic rings. The minimum absolute atomic E-state index is 0.0283. The fourth-order valence-electron chi connectivity index (χ4n) is 2.37. The summed E-state index contributed by atoms with van der Waals surface area (Å²) in [5.41, 5.74) is 0.991. The molecule has 0 aromatic heterocycles. The van der Waals surface area contributed by atoms with Gasteiger partial charge in [0.2, 0.25) is 5.91 Å². The molecule has 0 bridgehead atoms. The number of hydrogen-bond donors (Lipinski definition) is 2. The van der Waals surface area contributed by atoms with Crippen LogP contribution in [-0.4, -0.2) is 18.4 Å². The number of halogens is 1. The van der Waals surface area contributed by atoms with Gasteiger partial charge in [0.25, 0.3) is 5.91 Å². The molecule has 0 saturated carbocycles. The summed E-state index contributed by atoms with van der Waals surface area (Å²) in [5, 5.41) is 6.18. The van der Waals surface area contributed by atoms with Crippen LogP contribution in [-0.2, 0) is 4.79 Å². The minimum Gasteiger partial charge on any atom is -0.352 e. The summed E-state index contributed by atoms with van der Waals surface area (Å²) in [6.07, 6.45) is 3.75. The molecule has 2 amide bonds. The zero-order chi connectivity index (χ0) is 18.1. The number of carbonyl (C=O) groups is 2. The largest absolute Gasteiger partial charge is 0.352 e. The average molecular weight is 353 g/mol. The van der Waals surface area contributed by atoms with E-state index in [4.69, 9.17) is 11.6 Å². The summed E-state index contributed by atoms with van der Waals surface area (Å²) in [7, 11) is 0. The molecule has 0 aliphatic carbocycles. The smallest absolute Gasteiger partial charge is 0.251 e. The summed E-state index contributed by atoms with van der Waals surface area (Å²) in [4.78, 5) is 24.6. The Kier molecular flexibility index (Phi) is 8.83. The molecule has 0 aliphatic heterocycles. The van der Waals surface area contributed by atoms with Crippen LogP contribution in [0.15, 0.2) is 18.2 Å². The number of nitrogens with one attached hydrogen (secondary N) is 2. The van der Waals surface area contributed by atoms with Crippen molar-refractivity contribution in [2.45, 2.75) is 53.4 Å². The van der Waals surface area contributed by atoms with Crippen LogP contribution in [0.2, 0.25) is 5.02 Å². The number of rotatable bonds is 9. The van der Waals surface area contributed by atoms with Crippen molar-refractivity contribution in [3.05, 3.63) is 28.8 Å². The van der Waals surface area contributed by atoms with Gasteiger partial charge in [-0.15, -0.1) is 0 Å². The van der Waals surface area contributed by atoms with Gasteiger partial charge in [0, 0.05) is 18.0 Å². The maximum Gasteiger partial charge on any atom is 0.251 e. The maximum atomic E-state index is 12.4. The standard InChI is InChI=1S/C19H29ClN2O2/c1-5-7-8-14(6-2)19(24)22-17-11-15(9-10-16(17)20)18(23)21-12-13(3)4/h9-11,13-14H,5-8,12H2,1-4H3,(H,21,23)(H,22,24). The summed E-state index contributed by atoms with van der Waals surface area (Å²) >= 11 is 6.18. The Morgan fingerprint density at radius 1 is 1.21 bits per heavy atom. The molecular weight excluding hydrogens is 324 g/mol. The molecule has 24 heavy (non-hydrogen) atoms. The molecule has 2 N–H and O–H groups in total. The van der Waals surface area contributed by atoms with Crippen LogP contribution in [0.1, 0.15) is 63.7 Å². The van der Waals surface area contributed by atoms with E-state index >= 15 is 0 Å². The summed E-state index contributed by atoms with van der Waals surface area (Å²) < 4.78 is 0. The first kappa shape index (κ1) is 20.5. The van der Waals surface area contributed by atoms with Crippen LogP contribution in [0.25, 0.3) is 0 Å². The van der Waals surface area contributed by atoms with Crippen molar-refractivity contribution in [2.24, 2.45) is 11.8 Å². The molecule has 0 saturated heterocycles. The first-order chi connectivity index (χ1) is 11.4. The maximum absolute atomic E-state index is 12.4. The van der Waals surface area contributed by atoms with E-state index in [9.17, 15) is 9.59 Å². The van der Waals surface area contributed by atoms with E-state index in [1.54, 1.807) is 18.2 Å². The Balaban J connectivity index is 2.82. The van der Waals surface area contributed by atoms with Crippen molar-refractivity contribution in [3.8, 4) is 0 Å². The van der Waals surface area contributed by atoms with Crippen LogP contribution >= 0.6 is 11.6 Å². The third-order valence-corrected chi connectivity index (χ3v) is 4.26. The monoisotopic (exact) mass is 352 g/mol. The number of anilines is 1. The molecule has 1 aromatic rings. The Morgan fingerprint density at radius 2 is 1.92 bits per heavy atom. The Bertz CT molecular complexity index is 558. The topological polar surface area (TPSA) is 58.2 Å². The zero-order valence-electron chi connectivity index (χ0n) is 15.1. The first-order valence-corrected chi connectivity index (χ1v) is 9.15. The van der Waals surface area contributed by atoms with Crippen LogP contribution in [0.4, 0.5) is 5.69 Å². The van der Waals surface area contributed by atoms with Crippen molar-refractivity contribution in [1.82, 2.24) is 5.32 Å². The van der Waals surface area contributed by atoms with E-state index in [1.165, 1.54) is 0 Å². The van der Waals surface area contributed by atoms with E-state index in [0.29, 0.717) is 28.7 Å². The highest BCUT2D eigenvalue weighted by molar-refractivity contribution is 6.33. The molecule has 4 nitrogen and oxygen atoms in total. The van der Waals surface area contributed by atoms with Gasteiger partial charge in [-0.25, -0.2) is 0 Å². The molecule has 0 spiro atoms. The third-order valence-electron chi connectivity index (χ3n) is 3.93. The predicted molar refractivity (Wildman–Crippen MR) is 101 cm³/mol. The molecule has 0 radical (unpaired) electrons. The fourth-order valence-corrected chi connectivity index (χ4v) is 2.53. The van der Waals surface area contributed by atoms with Crippen LogP contribution in [0.3, 0.4) is 0 Å². The lowest BCUT2D eigenvalue weighted by Crippen LogP contribution is -2.27. The van der Waals surface area contributed by atoms with Crippen LogP contribution in [0.5, 0.6) is 0 Å². The second kappa shape index (κ2) is 10.3. The molecule has 1 rings (SSSR count). The molecule has 134 valence electrons. The minimum atomic E-state index is -0.158. The van der Waals surface area contributed by atoms with Gasteiger partial charge in [-0.2, -0.15) is 0 Å². The molecular formula is C19H29ClN2O2. The number of hydrogen-bond acceptors (Lipinski definition) is 2. The van der Waals surface area contributed by atoms with E-state index < -0.39 is 0 Å². The summed E-state index contributed by atoms with van der Waals surface area (Å²) in [6, 6.07) is 4.96. The lowest BCUT2D eigenvalue weighted by atomic mass is 9.98. The molecule has 1 unspecified atom stereocenters. The van der Waals surface area contributed by atoms with Crippen molar-refractivity contribution in [1.29, 1.82) is 0 Å². The highest BCUT2D eigenvalue weighted by atomic mass is 35.5. The van der Waals surface area contributed by atoms with Crippen molar-refractivity contribution >= 4 is 29.1 Å². The highest BCUT2D eigenvalue weighted by Crippen LogP contribution is 2.25. The fraction of sp³-hybridized carbons (Fsp3) is 0.579. The molecule has 0 heterocycles. The van der Waals surface area contributed by atoms with E-state index in [-0.39, 0.29) is 17.7 Å². The Labute approximate surface area is 150 Å². The highest BCUT2D eigenvalue weighted by Gasteiger charge is 2.18. The number of amides is 2. The van der Waals surface area contributed by atoms with Gasteiger partial charge in [0.15, 0.2) is 0 Å². The molecule has 1 atom stereocenters. The lowest BCUT2D eigenvalue weighted by molar-refractivity contribution is -0.120. The lowest BCUT2D eigenvalue weighted by Gasteiger charge is -2.16. The predicted octanol–water partition coefficient (Wildman–Crippen LogP) is 4.88. The summed E-state index contributed by atoms with van der Waals surface area (Å²) in [5.74, 6) is 0.158. The van der Waals surface area contributed by atoms with Gasteiger partial charge in [-0.1, -0.05) is 52.1 Å². The second-order valence-electron chi connectivity index (χ2n) is 6.54. The average Bonchev–Trinajstić information content (AvgIpc) is 2.55. The Hall–Kier alpha value is -1.55. The first-order valence-electron chi connectivity index (χ1n) is 8.77. The van der Waals surface area contributed by atoms with Crippen LogP contribution < -0.4 is 10.6 Å². The number of unbranched alkanes of at least 4 members (excludes halogenated alkanes) is 1. The quantitative estimate of drug-likeness (QED) is 0.665. The van der Waals surface area contributed by atoms with Crippen molar-refractivity contribution in [3.63, 3.8) is 0 Å². The van der Waals surface area contributed by atoms with E-state index in [0.717, 1.165) is 25.7 Å². The van der Waals surface area contributed by atoms with E-state index in [2.05, 4.69) is 17.6 Å². The SMILES string of the molecule is CCCCC(CC)C(=O)Nc1cc(C(=O)NCC(C)C)ccc1Cl. The van der Waals surface area contributed by atoms with Crippen LogP contribution in [0, 0.1) is 11.8 Å². The van der Waals surface area contributed by atoms with Gasteiger partial charge < -0.3 is 10.6 Å². The number of benzene rings is 1. The Morgan fingerprint density at radius 3 is 2.50 bits per heavy atom. The molecule has 5 heteroatoms. The van der Waals surface area contributed by atoms with Gasteiger partial charge in [0.1, 0.15) is 0 Å². The van der Waals surface area contributed by atoms with Crippen molar-refractivity contribution in [2.75, 3.05) is 11.9 Å². The third kappa shape index (κ3) is 6.52. The van der Waals surface area contributed by atoms with Crippen molar-refractivity contribution < 1.29 is 9.59 Å². The van der Waals surface area contributed by atoms with Gasteiger partial charge in [-0.05, 0) is 37.0 Å². The van der Waals surface area contributed by atoms with E-state index in [1.807, 2.05) is 20.8 Å². The molecule has 1 aromatic carbocycles. The zero-order valence-corrected chi connectivity index (χ0v) is 15.9. The second-order valence-corrected chi connectivity index (χ2v) is 6.94. The number of carbonyl (C=O) groups excluding carboxylic acids is 2. The molecule has 0 fully saturated rings. The van der Waals surface area contributed by atoms with Gasteiger partial charge in [0.05, 0.1) is 10.7 Å². The van der Waals surface area contributed by atoms with Gasteiger partial charge in [-0.3, -0.25) is 9.59 Å². The normalized spacial score (nSPS) is 12.1.